The molecule has 2 aliphatic carbocycles. The van der Waals surface area contributed by atoms with Crippen LogP contribution in [0.1, 0.15) is 48.5 Å². The number of rotatable bonds is 7. The van der Waals surface area contributed by atoms with Gasteiger partial charge in [-0.1, -0.05) is 6.07 Å². The molecule has 0 atom stereocenters. The Balaban J connectivity index is 1.42. The molecular weight excluding hydrogens is 364 g/mol. The second-order valence-corrected chi connectivity index (χ2v) is 8.34. The third-order valence-electron chi connectivity index (χ3n) is 6.11. The molecule has 6 nitrogen and oxygen atoms in total. The van der Waals surface area contributed by atoms with Crippen molar-refractivity contribution >= 4 is 0 Å². The molecule has 6 heteroatoms. The molecule has 0 spiro atoms. The van der Waals surface area contributed by atoms with Crippen molar-refractivity contribution in [2.75, 3.05) is 7.11 Å². The highest BCUT2D eigenvalue weighted by atomic mass is 16.5. The lowest BCUT2D eigenvalue weighted by Crippen LogP contribution is -2.32. The lowest BCUT2D eigenvalue weighted by Gasteiger charge is -2.28. The van der Waals surface area contributed by atoms with Crippen LogP contribution in [0.3, 0.4) is 0 Å². The van der Waals surface area contributed by atoms with E-state index in [0.717, 1.165) is 59.9 Å². The number of benzene rings is 1. The molecule has 0 aliphatic heterocycles. The number of aromatic nitrogens is 4. The van der Waals surface area contributed by atoms with Gasteiger partial charge in [-0.25, -0.2) is 15.0 Å². The Bertz CT molecular complexity index is 1020. The normalized spacial score (nSPS) is 16.8. The Morgan fingerprint density at radius 1 is 1.14 bits per heavy atom. The van der Waals surface area contributed by atoms with Crippen LogP contribution in [0.4, 0.5) is 0 Å². The Morgan fingerprint density at radius 3 is 2.52 bits per heavy atom. The SMILES string of the molecule is COc1cc(Cc2nccc(C(O)(C3CC3)C3CC3)n2)ccc1-n1cnc(C)c1. The zero-order valence-corrected chi connectivity index (χ0v) is 16.9. The third-order valence-corrected chi connectivity index (χ3v) is 6.11. The van der Waals surface area contributed by atoms with Crippen LogP contribution >= 0.6 is 0 Å². The molecule has 0 radical (unpaired) electrons. The van der Waals surface area contributed by atoms with Gasteiger partial charge in [0.25, 0.3) is 0 Å². The first-order valence-corrected chi connectivity index (χ1v) is 10.3. The minimum absolute atomic E-state index is 0.357. The van der Waals surface area contributed by atoms with E-state index in [1.54, 1.807) is 19.6 Å². The van der Waals surface area contributed by atoms with Crippen molar-refractivity contribution in [2.45, 2.75) is 44.6 Å². The van der Waals surface area contributed by atoms with Crippen LogP contribution in [0.5, 0.6) is 5.75 Å². The second-order valence-electron chi connectivity index (χ2n) is 8.34. The fraction of sp³-hybridized carbons (Fsp3) is 0.435. The molecular formula is C23H26N4O2. The summed E-state index contributed by atoms with van der Waals surface area (Å²) in [5.41, 5.74) is 3.01. The molecule has 0 bridgehead atoms. The number of hydrogen-bond acceptors (Lipinski definition) is 5. The number of imidazole rings is 1. The fourth-order valence-electron chi connectivity index (χ4n) is 4.29. The summed E-state index contributed by atoms with van der Waals surface area (Å²) in [5.74, 6) is 2.23. The minimum atomic E-state index is -0.765. The smallest absolute Gasteiger partial charge is 0.143 e. The van der Waals surface area contributed by atoms with Crippen LogP contribution < -0.4 is 4.74 Å². The van der Waals surface area contributed by atoms with Gasteiger partial charge >= 0.3 is 0 Å². The maximum Gasteiger partial charge on any atom is 0.143 e. The number of hydrogen-bond donors (Lipinski definition) is 1. The van der Waals surface area contributed by atoms with Gasteiger partial charge in [0.15, 0.2) is 0 Å². The van der Waals surface area contributed by atoms with Gasteiger partial charge in [-0.3, -0.25) is 0 Å². The van der Waals surface area contributed by atoms with Crippen molar-refractivity contribution in [2.24, 2.45) is 11.8 Å². The summed E-state index contributed by atoms with van der Waals surface area (Å²) in [6.45, 7) is 1.96. The first kappa shape index (κ1) is 18.3. The van der Waals surface area contributed by atoms with E-state index in [0.29, 0.717) is 18.3 Å². The predicted octanol–water partition coefficient (Wildman–Crippen LogP) is 3.58. The highest BCUT2D eigenvalue weighted by molar-refractivity contribution is 5.49. The van der Waals surface area contributed by atoms with Gasteiger partial charge in [-0.2, -0.15) is 0 Å². The number of methoxy groups -OCH3 is 1. The molecule has 150 valence electrons. The van der Waals surface area contributed by atoms with Gasteiger partial charge in [0.1, 0.15) is 17.2 Å². The second kappa shape index (κ2) is 6.95. The van der Waals surface area contributed by atoms with E-state index in [1.807, 2.05) is 35.9 Å². The quantitative estimate of drug-likeness (QED) is 0.668. The molecule has 0 amide bonds. The average molecular weight is 390 g/mol. The van der Waals surface area contributed by atoms with Gasteiger partial charge in [-0.15, -0.1) is 0 Å². The Hall–Kier alpha value is -2.73. The van der Waals surface area contributed by atoms with Crippen LogP contribution in [0, 0.1) is 18.8 Å². The minimum Gasteiger partial charge on any atom is -0.495 e. The van der Waals surface area contributed by atoms with Gasteiger partial charge in [0, 0.05) is 18.8 Å². The number of aryl methyl sites for hydroxylation is 1. The van der Waals surface area contributed by atoms with Crippen molar-refractivity contribution < 1.29 is 9.84 Å². The average Bonchev–Trinajstić information content (AvgIpc) is 3.65. The van der Waals surface area contributed by atoms with E-state index in [2.05, 4.69) is 16.0 Å². The lowest BCUT2D eigenvalue weighted by molar-refractivity contribution is -0.0146. The van der Waals surface area contributed by atoms with Crippen molar-refractivity contribution in [1.82, 2.24) is 19.5 Å². The van der Waals surface area contributed by atoms with Crippen LogP contribution in [0.2, 0.25) is 0 Å². The monoisotopic (exact) mass is 390 g/mol. The van der Waals surface area contributed by atoms with Gasteiger partial charge in [0.05, 0.1) is 30.5 Å². The standard InChI is InChI=1S/C23H26N4O2/c1-15-13-27(14-25-15)19-8-3-16(11-20(19)29-2)12-22-24-10-9-21(26-22)23(28,17-4-5-17)18-6-7-18/h3,8-11,13-14,17-18,28H,4-7,12H2,1-2H3. The molecule has 29 heavy (non-hydrogen) atoms. The van der Waals surface area contributed by atoms with Crippen molar-refractivity contribution in [3.8, 4) is 11.4 Å². The van der Waals surface area contributed by atoms with E-state index in [9.17, 15) is 5.11 Å². The van der Waals surface area contributed by atoms with E-state index < -0.39 is 5.60 Å². The molecule has 3 aromatic rings. The summed E-state index contributed by atoms with van der Waals surface area (Å²) in [6.07, 6.45) is 10.5. The topological polar surface area (TPSA) is 73.1 Å². The molecule has 2 aliphatic rings. The molecule has 5 rings (SSSR count). The summed E-state index contributed by atoms with van der Waals surface area (Å²) < 4.78 is 7.57. The Morgan fingerprint density at radius 2 is 1.90 bits per heavy atom. The van der Waals surface area contributed by atoms with Crippen molar-refractivity contribution in [3.05, 3.63) is 65.8 Å². The first-order valence-electron chi connectivity index (χ1n) is 10.3. The Kier molecular flexibility index (Phi) is 4.39. The molecule has 1 aromatic carbocycles. The van der Waals surface area contributed by atoms with Crippen LogP contribution in [-0.2, 0) is 12.0 Å². The highest BCUT2D eigenvalue weighted by Gasteiger charge is 2.55. The zero-order valence-electron chi connectivity index (χ0n) is 16.9. The molecule has 0 saturated heterocycles. The third kappa shape index (κ3) is 3.42. The van der Waals surface area contributed by atoms with Crippen molar-refractivity contribution in [3.63, 3.8) is 0 Å². The van der Waals surface area contributed by atoms with Gasteiger partial charge in [-0.05, 0) is 68.2 Å². The van der Waals surface area contributed by atoms with Crippen molar-refractivity contribution in [1.29, 1.82) is 0 Å². The van der Waals surface area contributed by atoms with E-state index in [-0.39, 0.29) is 0 Å². The molecule has 2 fully saturated rings. The van der Waals surface area contributed by atoms with Crippen LogP contribution in [-0.4, -0.2) is 31.7 Å². The predicted molar refractivity (Wildman–Crippen MR) is 109 cm³/mol. The maximum atomic E-state index is 11.4. The highest BCUT2D eigenvalue weighted by Crippen LogP contribution is 2.56. The number of aliphatic hydroxyl groups is 1. The van der Waals surface area contributed by atoms with E-state index in [1.165, 1.54) is 0 Å². The van der Waals surface area contributed by atoms with Gasteiger partial charge in [0.2, 0.25) is 0 Å². The summed E-state index contributed by atoms with van der Waals surface area (Å²) in [4.78, 5) is 13.5. The molecule has 2 aromatic heterocycles. The molecule has 1 N–H and O–H groups in total. The lowest BCUT2D eigenvalue weighted by atomic mass is 9.88. The molecule has 2 heterocycles. The molecule has 0 unspecified atom stereocenters. The van der Waals surface area contributed by atoms with E-state index in [4.69, 9.17) is 9.72 Å². The summed E-state index contributed by atoms with van der Waals surface area (Å²) >= 11 is 0. The number of nitrogens with zero attached hydrogens (tertiary/aromatic N) is 4. The fourth-order valence-corrected chi connectivity index (χ4v) is 4.29. The summed E-state index contributed by atoms with van der Waals surface area (Å²) in [7, 11) is 1.68. The zero-order chi connectivity index (χ0) is 20.0. The summed E-state index contributed by atoms with van der Waals surface area (Å²) in [6, 6.07) is 8.01. The molecule has 2 saturated carbocycles. The number of ether oxygens (including phenoxy) is 1. The van der Waals surface area contributed by atoms with Crippen LogP contribution in [0.15, 0.2) is 43.0 Å². The largest absolute Gasteiger partial charge is 0.495 e. The Labute approximate surface area is 170 Å². The summed E-state index contributed by atoms with van der Waals surface area (Å²) in [5, 5.41) is 11.4. The van der Waals surface area contributed by atoms with E-state index >= 15 is 0 Å². The first-order chi connectivity index (χ1) is 14.1. The van der Waals surface area contributed by atoms with Gasteiger partial charge < -0.3 is 14.4 Å². The van der Waals surface area contributed by atoms with Crippen LogP contribution in [0.25, 0.3) is 5.69 Å². The maximum absolute atomic E-state index is 11.4.